The molecule has 2 aliphatic carbocycles. The van der Waals surface area contributed by atoms with E-state index in [2.05, 4.69) is 23.8 Å². The molecule has 164 valence electrons. The second kappa shape index (κ2) is 12.7. The van der Waals surface area contributed by atoms with Gasteiger partial charge in [-0.05, 0) is 67.8 Å². The molecule has 0 aliphatic heterocycles. The van der Waals surface area contributed by atoms with E-state index in [1.807, 2.05) is 12.4 Å². The highest BCUT2D eigenvalue weighted by molar-refractivity contribution is 5.04. The Labute approximate surface area is 180 Å². The van der Waals surface area contributed by atoms with Gasteiger partial charge in [-0.25, -0.2) is 9.97 Å². The molecule has 0 N–H and O–H groups in total. The van der Waals surface area contributed by atoms with Crippen molar-refractivity contribution in [3.63, 3.8) is 0 Å². The highest BCUT2D eigenvalue weighted by atomic mass is 14.9. The first-order valence-corrected chi connectivity index (χ1v) is 13.1. The molecule has 2 saturated carbocycles. The molecule has 0 aromatic carbocycles. The molecule has 1 aromatic heterocycles. The lowest BCUT2D eigenvalue weighted by atomic mass is 9.68. The maximum atomic E-state index is 4.55. The van der Waals surface area contributed by atoms with E-state index in [9.17, 15) is 0 Å². The Kier molecular flexibility index (Phi) is 9.97. The number of rotatable bonds is 11. The van der Waals surface area contributed by atoms with Gasteiger partial charge in [0.15, 0.2) is 0 Å². The second-order valence-electron chi connectivity index (χ2n) is 10.2. The molecule has 1 heterocycles. The van der Waals surface area contributed by atoms with Gasteiger partial charge < -0.3 is 0 Å². The van der Waals surface area contributed by atoms with Crippen LogP contribution in [0.5, 0.6) is 0 Å². The summed E-state index contributed by atoms with van der Waals surface area (Å²) in [5, 5.41) is 0. The zero-order chi connectivity index (χ0) is 20.3. The molecule has 0 bridgehead atoms. The number of hydrogen-bond acceptors (Lipinski definition) is 2. The highest BCUT2D eigenvalue weighted by Gasteiger charge is 2.30. The van der Waals surface area contributed by atoms with Crippen molar-refractivity contribution < 1.29 is 0 Å². The van der Waals surface area contributed by atoms with E-state index in [0.717, 1.165) is 42.3 Å². The summed E-state index contributed by atoms with van der Waals surface area (Å²) in [6.07, 6.45) is 28.2. The molecule has 0 atom stereocenters. The Bertz CT molecular complexity index is 536. The predicted octanol–water partition coefficient (Wildman–Crippen LogP) is 7.94. The molecule has 3 rings (SSSR count). The van der Waals surface area contributed by atoms with Crippen LogP contribution in [0.2, 0.25) is 0 Å². The molecule has 2 nitrogen and oxygen atoms in total. The average Bonchev–Trinajstić information content (AvgIpc) is 2.79. The molecule has 0 saturated heterocycles. The molecule has 1 aromatic rings. The number of unbranched alkanes of at least 4 members (excludes halogenated alkanes) is 4. The predicted molar refractivity (Wildman–Crippen MR) is 124 cm³/mol. The second-order valence-corrected chi connectivity index (χ2v) is 10.2. The van der Waals surface area contributed by atoms with E-state index in [1.165, 1.54) is 102 Å². The standard InChI is InChI=1S/C27H46N2/c1-3-5-6-7-8-9-23-10-15-25(16-11-23)26-17-12-24(13-18-26)14-19-27-28-20-22(4-2)21-29-27/h20-21,23-26H,3-19H2,1-2H3/t23-,24-,25-,26-. The normalized spacial score (nSPS) is 27.8. The number of nitrogens with zero attached hydrogens (tertiary/aromatic N) is 2. The number of aromatic nitrogens is 2. The summed E-state index contributed by atoms with van der Waals surface area (Å²) in [4.78, 5) is 9.11. The first-order valence-electron chi connectivity index (χ1n) is 13.1. The Morgan fingerprint density at radius 1 is 0.690 bits per heavy atom. The van der Waals surface area contributed by atoms with Crippen molar-refractivity contribution in [2.45, 2.75) is 123 Å². The third-order valence-corrected chi connectivity index (χ3v) is 8.11. The van der Waals surface area contributed by atoms with E-state index in [0.29, 0.717) is 0 Å². The SMILES string of the molecule is CCCCCCC[C@H]1CC[C@H]([C@H]2CC[C@H](CCc3ncc(CC)cn3)CC2)CC1. The Morgan fingerprint density at radius 3 is 1.79 bits per heavy atom. The topological polar surface area (TPSA) is 25.8 Å². The molecular weight excluding hydrogens is 352 g/mol. The summed E-state index contributed by atoms with van der Waals surface area (Å²) in [6, 6.07) is 0. The molecule has 0 amide bonds. The van der Waals surface area contributed by atoms with E-state index in [-0.39, 0.29) is 0 Å². The fraction of sp³-hybridized carbons (Fsp3) is 0.852. The van der Waals surface area contributed by atoms with Gasteiger partial charge in [0.2, 0.25) is 0 Å². The lowest BCUT2D eigenvalue weighted by molar-refractivity contribution is 0.140. The summed E-state index contributed by atoms with van der Waals surface area (Å²) in [5.41, 5.74) is 1.25. The molecule has 2 heteroatoms. The summed E-state index contributed by atoms with van der Waals surface area (Å²) >= 11 is 0. The van der Waals surface area contributed by atoms with E-state index < -0.39 is 0 Å². The van der Waals surface area contributed by atoms with Crippen LogP contribution in [0.25, 0.3) is 0 Å². The highest BCUT2D eigenvalue weighted by Crippen LogP contribution is 2.43. The lowest BCUT2D eigenvalue weighted by Crippen LogP contribution is -2.26. The molecular formula is C27H46N2. The minimum absolute atomic E-state index is 0.917. The van der Waals surface area contributed by atoms with Crippen LogP contribution in [-0.4, -0.2) is 9.97 Å². The van der Waals surface area contributed by atoms with E-state index >= 15 is 0 Å². The molecule has 29 heavy (non-hydrogen) atoms. The summed E-state index contributed by atoms with van der Waals surface area (Å²) in [7, 11) is 0. The fourth-order valence-electron chi connectivity index (χ4n) is 5.96. The Morgan fingerprint density at radius 2 is 1.24 bits per heavy atom. The smallest absolute Gasteiger partial charge is 0.128 e. The summed E-state index contributed by atoms with van der Waals surface area (Å²) < 4.78 is 0. The number of hydrogen-bond donors (Lipinski definition) is 0. The van der Waals surface area contributed by atoms with Gasteiger partial charge >= 0.3 is 0 Å². The quantitative estimate of drug-likeness (QED) is 0.353. The van der Waals surface area contributed by atoms with Crippen molar-refractivity contribution in [2.24, 2.45) is 23.7 Å². The largest absolute Gasteiger partial charge is 0.241 e. The van der Waals surface area contributed by atoms with Gasteiger partial charge in [0.1, 0.15) is 5.82 Å². The van der Waals surface area contributed by atoms with Crippen LogP contribution in [0.3, 0.4) is 0 Å². The summed E-state index contributed by atoms with van der Waals surface area (Å²) in [6.45, 7) is 4.48. The maximum absolute atomic E-state index is 4.55. The van der Waals surface area contributed by atoms with Gasteiger partial charge in [-0.15, -0.1) is 0 Å². The fourth-order valence-corrected chi connectivity index (χ4v) is 5.96. The first kappa shape index (κ1) is 22.8. The molecule has 0 spiro atoms. The van der Waals surface area contributed by atoms with Gasteiger partial charge in [0.25, 0.3) is 0 Å². The Hall–Kier alpha value is -0.920. The van der Waals surface area contributed by atoms with Crippen LogP contribution in [0.4, 0.5) is 0 Å². The van der Waals surface area contributed by atoms with Crippen molar-refractivity contribution in [1.82, 2.24) is 9.97 Å². The van der Waals surface area contributed by atoms with Crippen molar-refractivity contribution in [2.75, 3.05) is 0 Å². The first-order chi connectivity index (χ1) is 14.3. The van der Waals surface area contributed by atoms with Crippen LogP contribution in [-0.2, 0) is 12.8 Å². The molecule has 0 unspecified atom stereocenters. The minimum Gasteiger partial charge on any atom is -0.241 e. The lowest BCUT2D eigenvalue weighted by Gasteiger charge is -2.38. The van der Waals surface area contributed by atoms with Crippen molar-refractivity contribution in [1.29, 1.82) is 0 Å². The van der Waals surface area contributed by atoms with Gasteiger partial charge in [-0.1, -0.05) is 78.1 Å². The monoisotopic (exact) mass is 398 g/mol. The molecule has 0 radical (unpaired) electrons. The van der Waals surface area contributed by atoms with Crippen LogP contribution >= 0.6 is 0 Å². The van der Waals surface area contributed by atoms with Crippen LogP contribution in [0.1, 0.15) is 122 Å². The van der Waals surface area contributed by atoms with Crippen molar-refractivity contribution in [3.8, 4) is 0 Å². The average molecular weight is 399 g/mol. The maximum Gasteiger partial charge on any atom is 0.128 e. The zero-order valence-corrected chi connectivity index (χ0v) is 19.4. The number of aryl methyl sites for hydroxylation is 2. The van der Waals surface area contributed by atoms with Crippen LogP contribution < -0.4 is 0 Å². The van der Waals surface area contributed by atoms with Crippen molar-refractivity contribution >= 4 is 0 Å². The van der Waals surface area contributed by atoms with E-state index in [1.54, 1.807) is 0 Å². The minimum atomic E-state index is 0.917. The van der Waals surface area contributed by atoms with Gasteiger partial charge in [0.05, 0.1) is 0 Å². The third kappa shape index (κ3) is 7.68. The van der Waals surface area contributed by atoms with Crippen LogP contribution in [0, 0.1) is 23.7 Å². The Balaban J connectivity index is 1.28. The van der Waals surface area contributed by atoms with Crippen LogP contribution in [0.15, 0.2) is 12.4 Å². The third-order valence-electron chi connectivity index (χ3n) is 8.11. The van der Waals surface area contributed by atoms with Crippen molar-refractivity contribution in [3.05, 3.63) is 23.8 Å². The molecule has 2 fully saturated rings. The van der Waals surface area contributed by atoms with Gasteiger partial charge in [-0.3, -0.25) is 0 Å². The van der Waals surface area contributed by atoms with Gasteiger partial charge in [0, 0.05) is 18.8 Å². The summed E-state index contributed by atoms with van der Waals surface area (Å²) in [5.74, 6) is 5.12. The van der Waals surface area contributed by atoms with Gasteiger partial charge in [-0.2, -0.15) is 0 Å². The zero-order valence-electron chi connectivity index (χ0n) is 19.4. The van der Waals surface area contributed by atoms with E-state index in [4.69, 9.17) is 0 Å². The molecule has 2 aliphatic rings.